The molecule has 7 nitrogen and oxygen atoms in total. The Hall–Kier alpha value is -3.48. The van der Waals surface area contributed by atoms with E-state index in [0.717, 1.165) is 17.0 Å². The van der Waals surface area contributed by atoms with E-state index in [9.17, 15) is 4.79 Å². The van der Waals surface area contributed by atoms with Gasteiger partial charge in [-0.2, -0.15) is 0 Å². The van der Waals surface area contributed by atoms with E-state index in [1.165, 1.54) is 0 Å². The average molecular weight is 363 g/mol. The van der Waals surface area contributed by atoms with Crippen LogP contribution >= 0.6 is 0 Å². The first-order valence-corrected chi connectivity index (χ1v) is 8.66. The van der Waals surface area contributed by atoms with E-state index in [1.54, 1.807) is 18.5 Å². The topological polar surface area (TPSA) is 89.0 Å². The summed E-state index contributed by atoms with van der Waals surface area (Å²) in [5.41, 5.74) is 2.74. The van der Waals surface area contributed by atoms with E-state index in [2.05, 4.69) is 25.6 Å². The molecule has 138 valence electrons. The predicted molar refractivity (Wildman–Crippen MR) is 103 cm³/mol. The first-order valence-electron chi connectivity index (χ1n) is 8.66. The molecule has 1 aromatic carbocycles. The number of benzene rings is 1. The van der Waals surface area contributed by atoms with Crippen molar-refractivity contribution in [3.63, 3.8) is 0 Å². The molecular formula is C20H21N5O2. The molecule has 0 aliphatic carbocycles. The highest BCUT2D eigenvalue weighted by Crippen LogP contribution is 2.18. The number of amides is 1. The van der Waals surface area contributed by atoms with Gasteiger partial charge in [0.05, 0.1) is 6.61 Å². The van der Waals surface area contributed by atoms with E-state index < -0.39 is 0 Å². The summed E-state index contributed by atoms with van der Waals surface area (Å²) in [5.74, 6) is 0.897. The first-order chi connectivity index (χ1) is 13.1. The normalized spacial score (nSPS) is 10.3. The van der Waals surface area contributed by atoms with Crippen LogP contribution in [-0.4, -0.2) is 27.5 Å². The third-order valence-electron chi connectivity index (χ3n) is 3.68. The number of nitrogens with one attached hydrogen (secondary N) is 2. The van der Waals surface area contributed by atoms with Crippen molar-refractivity contribution in [2.75, 3.05) is 11.9 Å². The molecule has 0 radical (unpaired) electrons. The van der Waals surface area contributed by atoms with Gasteiger partial charge in [-0.3, -0.25) is 9.78 Å². The van der Waals surface area contributed by atoms with E-state index in [1.807, 2.05) is 50.2 Å². The van der Waals surface area contributed by atoms with Gasteiger partial charge in [0.15, 0.2) is 0 Å². The lowest BCUT2D eigenvalue weighted by Gasteiger charge is -2.10. The monoisotopic (exact) mass is 363 g/mol. The van der Waals surface area contributed by atoms with Gasteiger partial charge in [0, 0.05) is 30.3 Å². The number of hydrogen-bond donors (Lipinski definition) is 2. The zero-order chi connectivity index (χ0) is 19.1. The van der Waals surface area contributed by atoms with Gasteiger partial charge in [0.1, 0.15) is 11.4 Å². The summed E-state index contributed by atoms with van der Waals surface area (Å²) < 4.78 is 5.43. The molecular weight excluding hydrogens is 342 g/mol. The molecule has 3 rings (SSSR count). The lowest BCUT2D eigenvalue weighted by Crippen LogP contribution is -2.24. The molecule has 2 heterocycles. The zero-order valence-corrected chi connectivity index (χ0v) is 15.3. The number of carbonyl (C=O) groups is 1. The number of anilines is 2. The summed E-state index contributed by atoms with van der Waals surface area (Å²) in [5, 5.41) is 5.96. The van der Waals surface area contributed by atoms with Crippen molar-refractivity contribution in [2.45, 2.75) is 20.4 Å². The average Bonchev–Trinajstić information content (AvgIpc) is 2.68. The van der Waals surface area contributed by atoms with Crippen LogP contribution in [0.3, 0.4) is 0 Å². The van der Waals surface area contributed by atoms with Crippen LogP contribution in [0.25, 0.3) is 0 Å². The van der Waals surface area contributed by atoms with Crippen molar-refractivity contribution in [3.05, 3.63) is 71.8 Å². The molecule has 0 fully saturated rings. The van der Waals surface area contributed by atoms with Gasteiger partial charge in [-0.1, -0.05) is 6.07 Å². The third-order valence-corrected chi connectivity index (χ3v) is 3.68. The Morgan fingerprint density at radius 1 is 1.15 bits per heavy atom. The van der Waals surface area contributed by atoms with Gasteiger partial charge >= 0.3 is 0 Å². The highest BCUT2D eigenvalue weighted by molar-refractivity contribution is 5.92. The smallest absolute Gasteiger partial charge is 0.270 e. The Kier molecular flexibility index (Phi) is 5.94. The summed E-state index contributed by atoms with van der Waals surface area (Å²) in [7, 11) is 0. The number of carbonyl (C=O) groups excluding carboxylic acids is 1. The van der Waals surface area contributed by atoms with E-state index in [-0.39, 0.29) is 5.91 Å². The Balaban J connectivity index is 1.68. The number of pyridine rings is 1. The largest absolute Gasteiger partial charge is 0.494 e. The Morgan fingerprint density at radius 2 is 1.96 bits per heavy atom. The summed E-state index contributed by atoms with van der Waals surface area (Å²) in [6.45, 7) is 4.76. The van der Waals surface area contributed by atoms with Crippen LogP contribution in [0.2, 0.25) is 0 Å². The molecule has 27 heavy (non-hydrogen) atoms. The van der Waals surface area contributed by atoms with Crippen molar-refractivity contribution < 1.29 is 9.53 Å². The molecule has 0 aliphatic rings. The molecule has 2 N–H and O–H groups in total. The van der Waals surface area contributed by atoms with Crippen LogP contribution in [0.1, 0.15) is 28.7 Å². The number of ether oxygens (including phenoxy) is 1. The Bertz CT molecular complexity index is 898. The number of aromatic nitrogens is 3. The van der Waals surface area contributed by atoms with Crippen molar-refractivity contribution >= 4 is 17.5 Å². The van der Waals surface area contributed by atoms with Crippen LogP contribution in [0.4, 0.5) is 11.6 Å². The standard InChI is InChI=1S/C20H21N5O2/c1-3-27-17-8-6-16(7-9-17)24-20-23-14(2)11-18(25-20)19(26)22-13-15-5-4-10-21-12-15/h4-12H,3,13H2,1-2H3,(H,22,26)(H,23,24,25). The lowest BCUT2D eigenvalue weighted by atomic mass is 10.2. The first kappa shape index (κ1) is 18.3. The van der Waals surface area contributed by atoms with Gasteiger partial charge in [-0.05, 0) is 55.8 Å². The van der Waals surface area contributed by atoms with Gasteiger partial charge in [-0.25, -0.2) is 9.97 Å². The molecule has 0 saturated heterocycles. The number of nitrogens with zero attached hydrogens (tertiary/aromatic N) is 3. The molecule has 0 aliphatic heterocycles. The molecule has 0 atom stereocenters. The minimum atomic E-state index is -0.265. The number of aryl methyl sites for hydroxylation is 1. The lowest BCUT2D eigenvalue weighted by molar-refractivity contribution is 0.0945. The minimum Gasteiger partial charge on any atom is -0.494 e. The van der Waals surface area contributed by atoms with Crippen LogP contribution < -0.4 is 15.4 Å². The highest BCUT2D eigenvalue weighted by atomic mass is 16.5. The van der Waals surface area contributed by atoms with Gasteiger partial charge in [0.2, 0.25) is 5.95 Å². The van der Waals surface area contributed by atoms with Crippen molar-refractivity contribution in [2.24, 2.45) is 0 Å². The fraction of sp³-hybridized carbons (Fsp3) is 0.200. The second kappa shape index (κ2) is 8.75. The third kappa shape index (κ3) is 5.24. The van der Waals surface area contributed by atoms with E-state index >= 15 is 0 Å². The molecule has 0 unspecified atom stereocenters. The Labute approximate surface area is 157 Å². The van der Waals surface area contributed by atoms with Crippen LogP contribution in [-0.2, 0) is 6.54 Å². The predicted octanol–water partition coefficient (Wildman–Crippen LogP) is 3.25. The number of rotatable bonds is 7. The summed E-state index contributed by atoms with van der Waals surface area (Å²) in [4.78, 5) is 25.1. The maximum absolute atomic E-state index is 12.4. The van der Waals surface area contributed by atoms with Crippen LogP contribution in [0.15, 0.2) is 54.9 Å². The summed E-state index contributed by atoms with van der Waals surface area (Å²) >= 11 is 0. The van der Waals surface area contributed by atoms with Crippen molar-refractivity contribution in [3.8, 4) is 5.75 Å². The second-order valence-corrected chi connectivity index (χ2v) is 5.84. The highest BCUT2D eigenvalue weighted by Gasteiger charge is 2.11. The molecule has 0 saturated carbocycles. The summed E-state index contributed by atoms with van der Waals surface area (Å²) in [6.07, 6.45) is 3.41. The summed E-state index contributed by atoms with van der Waals surface area (Å²) in [6, 6.07) is 12.9. The van der Waals surface area contributed by atoms with Crippen molar-refractivity contribution in [1.82, 2.24) is 20.3 Å². The molecule has 1 amide bonds. The number of hydrogen-bond acceptors (Lipinski definition) is 6. The van der Waals surface area contributed by atoms with Crippen molar-refractivity contribution in [1.29, 1.82) is 0 Å². The second-order valence-electron chi connectivity index (χ2n) is 5.84. The fourth-order valence-corrected chi connectivity index (χ4v) is 2.45. The van der Waals surface area contributed by atoms with Gasteiger partial charge in [0.25, 0.3) is 5.91 Å². The van der Waals surface area contributed by atoms with Crippen LogP contribution in [0, 0.1) is 6.92 Å². The fourth-order valence-electron chi connectivity index (χ4n) is 2.45. The molecule has 7 heteroatoms. The van der Waals surface area contributed by atoms with Crippen LogP contribution in [0.5, 0.6) is 5.75 Å². The maximum atomic E-state index is 12.4. The van der Waals surface area contributed by atoms with Gasteiger partial charge in [-0.15, -0.1) is 0 Å². The SMILES string of the molecule is CCOc1ccc(Nc2nc(C)cc(C(=O)NCc3cccnc3)n2)cc1. The molecule has 0 bridgehead atoms. The quantitative estimate of drug-likeness (QED) is 0.670. The molecule has 2 aromatic heterocycles. The van der Waals surface area contributed by atoms with Gasteiger partial charge < -0.3 is 15.4 Å². The van der Waals surface area contributed by atoms with E-state index in [4.69, 9.17) is 4.74 Å². The molecule has 0 spiro atoms. The van der Waals surface area contributed by atoms with E-state index in [0.29, 0.717) is 30.5 Å². The zero-order valence-electron chi connectivity index (χ0n) is 15.3. The minimum absolute atomic E-state index is 0.265. The Morgan fingerprint density at radius 3 is 2.67 bits per heavy atom. The molecule has 3 aromatic rings. The maximum Gasteiger partial charge on any atom is 0.270 e.